The minimum atomic E-state index is -0.409. The van der Waals surface area contributed by atoms with Crippen LogP contribution in [0, 0.1) is 0 Å². The van der Waals surface area contributed by atoms with E-state index in [9.17, 15) is 4.79 Å². The normalized spacial score (nSPS) is 14.4. The van der Waals surface area contributed by atoms with E-state index in [-0.39, 0.29) is 18.7 Å². The molecule has 1 aromatic heterocycles. The number of rotatable bonds is 6. The summed E-state index contributed by atoms with van der Waals surface area (Å²) in [4.78, 5) is 10.7. The Bertz CT molecular complexity index is 350. The number of anilines is 1. The number of nitrogens with zero attached hydrogens (tertiary/aromatic N) is 2. The van der Waals surface area contributed by atoms with E-state index in [1.165, 1.54) is 4.68 Å². The zero-order chi connectivity index (χ0) is 12.1. The van der Waals surface area contributed by atoms with Crippen molar-refractivity contribution in [1.29, 1.82) is 0 Å². The van der Waals surface area contributed by atoms with E-state index < -0.39 is 5.91 Å². The molecule has 0 saturated heterocycles. The van der Waals surface area contributed by atoms with Crippen LogP contribution in [-0.4, -0.2) is 34.9 Å². The van der Waals surface area contributed by atoms with Gasteiger partial charge in [0.05, 0.1) is 18.0 Å². The van der Waals surface area contributed by atoms with Gasteiger partial charge in [-0.25, -0.2) is 0 Å². The molecule has 0 aliphatic heterocycles. The largest absolute Gasteiger partial charge is 0.380 e. The van der Waals surface area contributed by atoms with Crippen molar-refractivity contribution >= 4 is 11.6 Å². The van der Waals surface area contributed by atoms with Gasteiger partial charge in [-0.15, -0.1) is 0 Å². The molecule has 0 radical (unpaired) electrons. The monoisotopic (exact) mass is 226 g/mol. The van der Waals surface area contributed by atoms with Crippen molar-refractivity contribution in [3.8, 4) is 0 Å². The molecule has 6 heteroatoms. The van der Waals surface area contributed by atoms with Crippen molar-refractivity contribution in [3.05, 3.63) is 12.4 Å². The third-order valence-corrected chi connectivity index (χ3v) is 2.42. The highest BCUT2D eigenvalue weighted by Gasteiger charge is 2.11. The number of carbonyl (C=O) groups excluding carboxylic acids is 1. The topological polar surface area (TPSA) is 82.2 Å². The number of carbonyl (C=O) groups is 1. The lowest BCUT2D eigenvalue weighted by Gasteiger charge is -2.19. The van der Waals surface area contributed by atoms with Gasteiger partial charge in [0.25, 0.3) is 0 Å². The second kappa shape index (κ2) is 5.50. The maximum Gasteiger partial charge on any atom is 0.239 e. The minimum Gasteiger partial charge on any atom is -0.380 e. The summed E-state index contributed by atoms with van der Waals surface area (Å²) in [6, 6.07) is 0.163. The molecule has 0 aromatic carbocycles. The lowest BCUT2D eigenvalue weighted by Crippen LogP contribution is -2.29. The van der Waals surface area contributed by atoms with Crippen LogP contribution in [0.15, 0.2) is 12.4 Å². The molecule has 0 saturated carbocycles. The van der Waals surface area contributed by atoms with Crippen molar-refractivity contribution in [3.63, 3.8) is 0 Å². The van der Waals surface area contributed by atoms with Crippen molar-refractivity contribution < 1.29 is 9.53 Å². The Labute approximate surface area is 94.8 Å². The van der Waals surface area contributed by atoms with Crippen LogP contribution in [0.1, 0.15) is 13.8 Å². The van der Waals surface area contributed by atoms with Crippen LogP contribution in [0.3, 0.4) is 0 Å². The van der Waals surface area contributed by atoms with Gasteiger partial charge in [0.15, 0.2) is 0 Å². The van der Waals surface area contributed by atoms with Gasteiger partial charge < -0.3 is 15.8 Å². The van der Waals surface area contributed by atoms with E-state index in [2.05, 4.69) is 10.4 Å². The first kappa shape index (κ1) is 12.5. The molecular weight excluding hydrogens is 208 g/mol. The van der Waals surface area contributed by atoms with Crippen LogP contribution in [0.25, 0.3) is 0 Å². The number of nitrogens with two attached hydrogens (primary N) is 1. The molecule has 2 unspecified atom stereocenters. The highest BCUT2D eigenvalue weighted by molar-refractivity contribution is 5.73. The van der Waals surface area contributed by atoms with Gasteiger partial charge in [-0.1, -0.05) is 0 Å². The lowest BCUT2D eigenvalue weighted by atomic mass is 10.2. The molecule has 1 rings (SSSR count). The van der Waals surface area contributed by atoms with E-state index in [0.717, 1.165) is 5.69 Å². The highest BCUT2D eigenvalue weighted by atomic mass is 16.5. The molecule has 1 heterocycles. The van der Waals surface area contributed by atoms with Crippen LogP contribution >= 0.6 is 0 Å². The molecule has 16 heavy (non-hydrogen) atoms. The second-order valence-corrected chi connectivity index (χ2v) is 3.77. The Morgan fingerprint density at radius 1 is 1.69 bits per heavy atom. The zero-order valence-corrected chi connectivity index (χ0v) is 9.80. The fourth-order valence-corrected chi connectivity index (χ4v) is 1.27. The summed E-state index contributed by atoms with van der Waals surface area (Å²) < 4.78 is 6.69. The number of hydrogen-bond donors (Lipinski definition) is 2. The molecule has 0 bridgehead atoms. The Morgan fingerprint density at radius 2 is 2.38 bits per heavy atom. The first-order valence-electron chi connectivity index (χ1n) is 5.13. The molecule has 3 N–H and O–H groups in total. The van der Waals surface area contributed by atoms with Gasteiger partial charge in [-0.05, 0) is 13.8 Å². The second-order valence-electron chi connectivity index (χ2n) is 3.77. The van der Waals surface area contributed by atoms with Crippen molar-refractivity contribution in [1.82, 2.24) is 9.78 Å². The molecule has 6 nitrogen and oxygen atoms in total. The lowest BCUT2D eigenvalue weighted by molar-refractivity contribution is -0.118. The van der Waals surface area contributed by atoms with E-state index in [1.54, 1.807) is 19.5 Å². The van der Waals surface area contributed by atoms with Gasteiger partial charge in [-0.2, -0.15) is 5.10 Å². The number of nitrogens with one attached hydrogen (secondary N) is 1. The van der Waals surface area contributed by atoms with Crippen LogP contribution < -0.4 is 11.1 Å². The van der Waals surface area contributed by atoms with E-state index >= 15 is 0 Å². The molecule has 0 aliphatic rings. The molecule has 0 fully saturated rings. The van der Waals surface area contributed by atoms with Crippen molar-refractivity contribution in [2.75, 3.05) is 12.4 Å². The molecular formula is C10H18N4O2. The van der Waals surface area contributed by atoms with E-state index in [4.69, 9.17) is 10.5 Å². The SMILES string of the molecule is COC(C)C(C)Nc1cnn(CC(N)=O)c1. The summed E-state index contributed by atoms with van der Waals surface area (Å²) in [6.07, 6.45) is 3.49. The Hall–Kier alpha value is -1.56. The molecule has 0 spiro atoms. The molecule has 2 atom stereocenters. The Morgan fingerprint density at radius 3 is 2.94 bits per heavy atom. The van der Waals surface area contributed by atoms with Gasteiger partial charge in [-0.3, -0.25) is 9.48 Å². The standard InChI is InChI=1S/C10H18N4O2/c1-7(8(2)16-3)13-9-4-12-14(5-9)6-10(11)15/h4-5,7-8,13H,6H2,1-3H3,(H2,11,15). The summed E-state index contributed by atoms with van der Waals surface area (Å²) in [7, 11) is 1.67. The average molecular weight is 226 g/mol. The van der Waals surface area contributed by atoms with Gasteiger partial charge in [0.1, 0.15) is 6.54 Å². The first-order valence-corrected chi connectivity index (χ1v) is 5.13. The quantitative estimate of drug-likeness (QED) is 0.726. The van der Waals surface area contributed by atoms with Gasteiger partial charge >= 0.3 is 0 Å². The van der Waals surface area contributed by atoms with Crippen LogP contribution in [0.2, 0.25) is 0 Å². The summed E-state index contributed by atoms with van der Waals surface area (Å²) in [5.74, 6) is -0.409. The smallest absolute Gasteiger partial charge is 0.239 e. The predicted octanol–water partition coefficient (Wildman–Crippen LogP) is 0.204. The third kappa shape index (κ3) is 3.54. The maximum atomic E-state index is 10.7. The Balaban J connectivity index is 2.54. The van der Waals surface area contributed by atoms with Crippen LogP contribution in [-0.2, 0) is 16.1 Å². The van der Waals surface area contributed by atoms with Crippen molar-refractivity contribution in [2.45, 2.75) is 32.5 Å². The number of methoxy groups -OCH3 is 1. The number of aromatic nitrogens is 2. The van der Waals surface area contributed by atoms with Gasteiger partial charge in [0.2, 0.25) is 5.91 Å². The Kier molecular flexibility index (Phi) is 4.30. The number of ether oxygens (including phenoxy) is 1. The molecule has 0 aliphatic carbocycles. The number of amides is 1. The highest BCUT2D eigenvalue weighted by Crippen LogP contribution is 2.09. The first-order chi connectivity index (χ1) is 7.52. The van der Waals surface area contributed by atoms with E-state index in [1.807, 2.05) is 13.8 Å². The summed E-state index contributed by atoms with van der Waals surface area (Å²) >= 11 is 0. The maximum absolute atomic E-state index is 10.7. The van der Waals surface area contributed by atoms with Crippen LogP contribution in [0.5, 0.6) is 0 Å². The van der Waals surface area contributed by atoms with Crippen molar-refractivity contribution in [2.24, 2.45) is 5.73 Å². The fraction of sp³-hybridized carbons (Fsp3) is 0.600. The summed E-state index contributed by atoms with van der Waals surface area (Å²) in [5.41, 5.74) is 5.91. The summed E-state index contributed by atoms with van der Waals surface area (Å²) in [5, 5.41) is 7.23. The molecule has 1 aromatic rings. The van der Waals surface area contributed by atoms with Gasteiger partial charge in [0, 0.05) is 19.3 Å². The third-order valence-electron chi connectivity index (χ3n) is 2.42. The van der Waals surface area contributed by atoms with Crippen LogP contribution in [0.4, 0.5) is 5.69 Å². The zero-order valence-electron chi connectivity index (χ0n) is 9.80. The molecule has 90 valence electrons. The predicted molar refractivity (Wildman–Crippen MR) is 61.0 cm³/mol. The minimum absolute atomic E-state index is 0.0931. The summed E-state index contributed by atoms with van der Waals surface area (Å²) in [6.45, 7) is 4.08. The molecule has 1 amide bonds. The number of primary amides is 1. The number of hydrogen-bond acceptors (Lipinski definition) is 4. The van der Waals surface area contributed by atoms with E-state index in [0.29, 0.717) is 0 Å². The fourth-order valence-electron chi connectivity index (χ4n) is 1.27. The average Bonchev–Trinajstić information content (AvgIpc) is 2.63.